The van der Waals surface area contributed by atoms with Crippen molar-refractivity contribution in [2.45, 2.75) is 12.6 Å². The number of aromatic hydroxyl groups is 1. The highest BCUT2D eigenvalue weighted by atomic mass is 16.3. The third-order valence-corrected chi connectivity index (χ3v) is 1.92. The largest absolute Gasteiger partial charge is 0.508 e. The molecule has 0 amide bonds. The number of nitrogens with two attached hydrogens (primary N) is 2. The Kier molecular flexibility index (Phi) is 3.25. The summed E-state index contributed by atoms with van der Waals surface area (Å²) in [6, 6.07) is 4.41. The number of aliphatic hydroxyl groups excluding tert-OH is 1. The molecule has 1 rings (SSSR count). The summed E-state index contributed by atoms with van der Waals surface area (Å²) in [7, 11) is 0. The number of phenols is 1. The molecule has 13 heavy (non-hydrogen) atoms. The second kappa shape index (κ2) is 4.23. The Labute approximate surface area is 76.8 Å². The molecule has 1 aromatic rings. The molecule has 0 aromatic heterocycles. The maximum absolute atomic E-state index is 9.40. The van der Waals surface area contributed by atoms with E-state index in [2.05, 4.69) is 0 Å². The van der Waals surface area contributed by atoms with E-state index < -0.39 is 6.04 Å². The topological polar surface area (TPSA) is 92.5 Å². The first-order valence-corrected chi connectivity index (χ1v) is 4.07. The fraction of sp³-hybridized carbons (Fsp3) is 0.333. The predicted octanol–water partition coefficient (Wildman–Crippen LogP) is -0.157. The maximum Gasteiger partial charge on any atom is 0.120 e. The van der Waals surface area contributed by atoms with Gasteiger partial charge in [0.05, 0.1) is 12.6 Å². The molecule has 0 bridgehead atoms. The summed E-state index contributed by atoms with van der Waals surface area (Å²) >= 11 is 0. The molecule has 4 heteroatoms. The van der Waals surface area contributed by atoms with Gasteiger partial charge in [0, 0.05) is 12.1 Å². The number of hydrogen-bond donors (Lipinski definition) is 4. The summed E-state index contributed by atoms with van der Waals surface area (Å²) in [4.78, 5) is 0. The van der Waals surface area contributed by atoms with Crippen LogP contribution in [0.25, 0.3) is 0 Å². The molecule has 0 spiro atoms. The summed E-state index contributed by atoms with van der Waals surface area (Å²) in [6.07, 6.45) is 0. The van der Waals surface area contributed by atoms with Crippen molar-refractivity contribution < 1.29 is 10.2 Å². The molecule has 1 aromatic carbocycles. The molecule has 4 nitrogen and oxygen atoms in total. The van der Waals surface area contributed by atoms with Gasteiger partial charge in [-0.05, 0) is 17.7 Å². The van der Waals surface area contributed by atoms with Gasteiger partial charge in [-0.2, -0.15) is 0 Å². The lowest BCUT2D eigenvalue weighted by Crippen LogP contribution is -2.15. The Hall–Kier alpha value is -1.10. The highest BCUT2D eigenvalue weighted by Crippen LogP contribution is 2.23. The van der Waals surface area contributed by atoms with Gasteiger partial charge >= 0.3 is 0 Å². The van der Waals surface area contributed by atoms with Crippen molar-refractivity contribution in [3.05, 3.63) is 29.3 Å². The van der Waals surface area contributed by atoms with Crippen LogP contribution in [-0.2, 0) is 6.54 Å². The third kappa shape index (κ3) is 2.18. The zero-order valence-electron chi connectivity index (χ0n) is 7.27. The number of hydrogen-bond acceptors (Lipinski definition) is 4. The minimum absolute atomic E-state index is 0.0961. The molecule has 72 valence electrons. The summed E-state index contributed by atoms with van der Waals surface area (Å²) in [6.45, 7) is 0.201. The highest BCUT2D eigenvalue weighted by Gasteiger charge is 2.09. The van der Waals surface area contributed by atoms with E-state index in [0.717, 1.165) is 5.56 Å². The summed E-state index contributed by atoms with van der Waals surface area (Å²) in [5.41, 5.74) is 12.4. The van der Waals surface area contributed by atoms with Crippen LogP contribution in [0.3, 0.4) is 0 Å². The van der Waals surface area contributed by atoms with Gasteiger partial charge in [-0.15, -0.1) is 0 Å². The monoisotopic (exact) mass is 182 g/mol. The van der Waals surface area contributed by atoms with Crippen molar-refractivity contribution in [3.63, 3.8) is 0 Å². The van der Waals surface area contributed by atoms with Crippen molar-refractivity contribution in [2.24, 2.45) is 11.5 Å². The lowest BCUT2D eigenvalue weighted by atomic mass is 10.0. The van der Waals surface area contributed by atoms with E-state index >= 15 is 0 Å². The van der Waals surface area contributed by atoms with Gasteiger partial charge in [0.1, 0.15) is 5.75 Å². The predicted molar refractivity (Wildman–Crippen MR) is 50.0 cm³/mol. The number of phenolic OH excluding ortho intramolecular Hbond substituents is 1. The fourth-order valence-corrected chi connectivity index (χ4v) is 1.13. The third-order valence-electron chi connectivity index (χ3n) is 1.92. The van der Waals surface area contributed by atoms with E-state index in [9.17, 15) is 5.11 Å². The van der Waals surface area contributed by atoms with Crippen LogP contribution in [0.5, 0.6) is 5.75 Å². The minimum Gasteiger partial charge on any atom is -0.508 e. The first kappa shape index (κ1) is 9.98. The molecule has 0 aliphatic heterocycles. The molecule has 0 fully saturated rings. The van der Waals surface area contributed by atoms with Crippen molar-refractivity contribution in [2.75, 3.05) is 6.61 Å². The van der Waals surface area contributed by atoms with Crippen LogP contribution in [-0.4, -0.2) is 16.8 Å². The zero-order valence-corrected chi connectivity index (χ0v) is 7.27. The second-order valence-electron chi connectivity index (χ2n) is 2.89. The molecule has 0 saturated carbocycles. The molecule has 0 heterocycles. The van der Waals surface area contributed by atoms with Gasteiger partial charge in [-0.25, -0.2) is 0 Å². The van der Waals surface area contributed by atoms with Crippen molar-refractivity contribution in [1.29, 1.82) is 0 Å². The first-order chi connectivity index (χ1) is 6.19. The molecule has 6 N–H and O–H groups in total. The van der Waals surface area contributed by atoms with E-state index in [0.29, 0.717) is 12.1 Å². The fourth-order valence-electron chi connectivity index (χ4n) is 1.13. The van der Waals surface area contributed by atoms with E-state index in [-0.39, 0.29) is 12.4 Å². The molecule has 1 atom stereocenters. The molecule has 0 aliphatic rings. The lowest BCUT2D eigenvalue weighted by molar-refractivity contribution is 0.265. The molecular weight excluding hydrogens is 168 g/mol. The van der Waals surface area contributed by atoms with Gasteiger partial charge in [0.25, 0.3) is 0 Å². The molecule has 0 saturated heterocycles. The van der Waals surface area contributed by atoms with Crippen LogP contribution in [0, 0.1) is 0 Å². The molecule has 0 aliphatic carbocycles. The Morgan fingerprint density at radius 2 is 2.08 bits per heavy atom. The average Bonchev–Trinajstić information content (AvgIpc) is 2.17. The highest BCUT2D eigenvalue weighted by molar-refractivity contribution is 5.38. The summed E-state index contributed by atoms with van der Waals surface area (Å²) < 4.78 is 0. The summed E-state index contributed by atoms with van der Waals surface area (Å²) in [5, 5.41) is 18.2. The van der Waals surface area contributed by atoms with Crippen LogP contribution >= 0.6 is 0 Å². The molecule has 1 unspecified atom stereocenters. The molecule has 0 radical (unpaired) electrons. The van der Waals surface area contributed by atoms with Crippen molar-refractivity contribution >= 4 is 0 Å². The number of aliphatic hydroxyl groups is 1. The smallest absolute Gasteiger partial charge is 0.120 e. The first-order valence-electron chi connectivity index (χ1n) is 4.07. The average molecular weight is 182 g/mol. The van der Waals surface area contributed by atoms with Crippen LogP contribution < -0.4 is 11.5 Å². The zero-order chi connectivity index (χ0) is 9.84. The van der Waals surface area contributed by atoms with Gasteiger partial charge < -0.3 is 21.7 Å². The van der Waals surface area contributed by atoms with Gasteiger partial charge in [0.2, 0.25) is 0 Å². The Balaban J connectivity index is 3.03. The van der Waals surface area contributed by atoms with Crippen molar-refractivity contribution in [1.82, 2.24) is 0 Å². The SMILES string of the molecule is NCc1ccc(O)c(C(N)CO)c1. The van der Waals surface area contributed by atoms with Gasteiger partial charge in [-0.1, -0.05) is 6.07 Å². The standard InChI is InChI=1S/C9H14N2O2/c10-4-6-1-2-9(13)7(3-6)8(11)5-12/h1-3,8,12-13H,4-5,10-11H2. The van der Waals surface area contributed by atoms with E-state index in [4.69, 9.17) is 16.6 Å². The minimum atomic E-state index is -0.550. The summed E-state index contributed by atoms with van der Waals surface area (Å²) in [5.74, 6) is 0.0961. The van der Waals surface area contributed by atoms with Crippen molar-refractivity contribution in [3.8, 4) is 5.75 Å². The maximum atomic E-state index is 9.40. The van der Waals surface area contributed by atoms with Crippen LogP contribution in [0.1, 0.15) is 17.2 Å². The van der Waals surface area contributed by atoms with Crippen LogP contribution in [0.4, 0.5) is 0 Å². The van der Waals surface area contributed by atoms with E-state index in [1.165, 1.54) is 6.07 Å². The Morgan fingerprint density at radius 1 is 1.38 bits per heavy atom. The lowest BCUT2D eigenvalue weighted by Gasteiger charge is -2.11. The van der Waals surface area contributed by atoms with Gasteiger partial charge in [0.15, 0.2) is 0 Å². The van der Waals surface area contributed by atoms with Crippen LogP contribution in [0.2, 0.25) is 0 Å². The van der Waals surface area contributed by atoms with Gasteiger partial charge in [-0.3, -0.25) is 0 Å². The van der Waals surface area contributed by atoms with E-state index in [1.54, 1.807) is 12.1 Å². The number of rotatable bonds is 3. The second-order valence-corrected chi connectivity index (χ2v) is 2.89. The normalized spacial score (nSPS) is 12.8. The Morgan fingerprint density at radius 3 is 2.62 bits per heavy atom. The van der Waals surface area contributed by atoms with E-state index in [1.807, 2.05) is 0 Å². The molecular formula is C9H14N2O2. The Bertz CT molecular complexity index is 289. The number of benzene rings is 1. The quantitative estimate of drug-likeness (QED) is 0.522. The van der Waals surface area contributed by atoms with Crippen LogP contribution in [0.15, 0.2) is 18.2 Å².